The van der Waals surface area contributed by atoms with Crippen LogP contribution in [0.5, 0.6) is 0 Å². The first-order chi connectivity index (χ1) is 16.6. The molecule has 8 nitrogen and oxygen atoms in total. The van der Waals surface area contributed by atoms with E-state index in [1.807, 2.05) is 0 Å². The third-order valence-electron chi connectivity index (χ3n) is 6.18. The van der Waals surface area contributed by atoms with Crippen LogP contribution in [-0.4, -0.2) is 108 Å². The number of hydrogen-bond donors (Lipinski definition) is 0. The van der Waals surface area contributed by atoms with Gasteiger partial charge in [0, 0.05) is 40.3 Å². The molecule has 0 saturated carbocycles. The van der Waals surface area contributed by atoms with Gasteiger partial charge in [0.05, 0.1) is 79.3 Å². The van der Waals surface area contributed by atoms with E-state index in [2.05, 4.69) is 13.8 Å². The van der Waals surface area contributed by atoms with E-state index in [1.165, 1.54) is 33.4 Å². The molecule has 0 radical (unpaired) electrons. The lowest BCUT2D eigenvalue weighted by atomic mass is 9.87. The fourth-order valence-corrected chi connectivity index (χ4v) is 4.66. The molecule has 0 aromatic heterocycles. The minimum absolute atomic E-state index is 0.155. The van der Waals surface area contributed by atoms with Crippen LogP contribution in [0.4, 0.5) is 0 Å². The second-order valence-corrected chi connectivity index (χ2v) is 8.60. The van der Waals surface area contributed by atoms with Gasteiger partial charge in [-0.05, 0) is 41.7 Å². The highest BCUT2D eigenvalue weighted by molar-refractivity contribution is 5.61. The Balaban J connectivity index is 2.33. The van der Waals surface area contributed by atoms with Crippen molar-refractivity contribution in [3.63, 3.8) is 0 Å². The molecule has 2 aliphatic rings. The van der Waals surface area contributed by atoms with Crippen LogP contribution in [0.25, 0.3) is 0 Å². The lowest BCUT2D eigenvalue weighted by Gasteiger charge is -2.26. The molecule has 0 aliphatic heterocycles. The molecule has 196 valence electrons. The van der Waals surface area contributed by atoms with Crippen molar-refractivity contribution in [2.24, 2.45) is 11.8 Å². The van der Waals surface area contributed by atoms with Crippen molar-refractivity contribution in [1.29, 1.82) is 0 Å². The molecule has 0 saturated heterocycles. The van der Waals surface area contributed by atoms with Gasteiger partial charge in [-0.2, -0.15) is 0 Å². The summed E-state index contributed by atoms with van der Waals surface area (Å²) < 4.78 is 44.7. The van der Waals surface area contributed by atoms with Crippen molar-refractivity contribution in [3.05, 3.63) is 33.4 Å². The van der Waals surface area contributed by atoms with Crippen molar-refractivity contribution in [1.82, 2.24) is 0 Å². The second kappa shape index (κ2) is 16.5. The molecular formula is C26H44O8. The average molecular weight is 485 g/mol. The third kappa shape index (κ3) is 7.96. The summed E-state index contributed by atoms with van der Waals surface area (Å²) in [6, 6.07) is 0. The minimum atomic E-state index is 0.155. The van der Waals surface area contributed by atoms with Crippen LogP contribution in [0.1, 0.15) is 13.8 Å². The normalized spacial score (nSPS) is 19.8. The van der Waals surface area contributed by atoms with Gasteiger partial charge in [-0.1, -0.05) is 5.57 Å². The summed E-state index contributed by atoms with van der Waals surface area (Å²) in [6.45, 7) is 11.0. The van der Waals surface area contributed by atoms with Gasteiger partial charge in [0.2, 0.25) is 0 Å². The maximum Gasteiger partial charge on any atom is 0.0704 e. The minimum Gasteiger partial charge on any atom is -0.382 e. The van der Waals surface area contributed by atoms with Crippen molar-refractivity contribution >= 4 is 0 Å². The molecule has 0 N–H and O–H groups in total. The van der Waals surface area contributed by atoms with Crippen molar-refractivity contribution in [3.8, 4) is 0 Å². The van der Waals surface area contributed by atoms with Crippen molar-refractivity contribution in [2.75, 3.05) is 108 Å². The highest BCUT2D eigenvalue weighted by atomic mass is 16.5. The van der Waals surface area contributed by atoms with Crippen LogP contribution < -0.4 is 0 Å². The van der Waals surface area contributed by atoms with Gasteiger partial charge in [-0.15, -0.1) is 0 Å². The topological polar surface area (TPSA) is 73.8 Å². The number of rotatable bonds is 20. The predicted octanol–water partition coefficient (Wildman–Crippen LogP) is 2.83. The first-order valence-electron chi connectivity index (χ1n) is 12.0. The SMILES string of the molecule is COCCOCC1=C(COCCOC)C2C(COCCOC)=C(COCCOC)C1C2=C(C)C. The molecule has 0 fully saturated rings. The fraction of sp³-hybridized carbons (Fsp3) is 0.769. The third-order valence-corrected chi connectivity index (χ3v) is 6.18. The molecule has 0 unspecified atom stereocenters. The molecule has 0 atom stereocenters. The largest absolute Gasteiger partial charge is 0.382 e. The van der Waals surface area contributed by atoms with Gasteiger partial charge in [0.15, 0.2) is 0 Å². The molecule has 0 aromatic rings. The van der Waals surface area contributed by atoms with E-state index < -0.39 is 0 Å². The maximum atomic E-state index is 6.02. The van der Waals surface area contributed by atoms with Gasteiger partial charge < -0.3 is 37.9 Å². The molecule has 2 bridgehead atoms. The van der Waals surface area contributed by atoms with Gasteiger partial charge in [-0.3, -0.25) is 0 Å². The van der Waals surface area contributed by atoms with E-state index in [4.69, 9.17) is 37.9 Å². The lowest BCUT2D eigenvalue weighted by molar-refractivity contribution is 0.0681. The summed E-state index contributed by atoms with van der Waals surface area (Å²) in [6.07, 6.45) is 0. The Bertz CT molecular complexity index is 597. The number of fused-ring (bicyclic) bond motifs is 2. The first-order valence-corrected chi connectivity index (χ1v) is 12.0. The number of methoxy groups -OCH3 is 4. The van der Waals surface area contributed by atoms with Crippen LogP contribution in [0.15, 0.2) is 33.4 Å². The van der Waals surface area contributed by atoms with E-state index >= 15 is 0 Å². The lowest BCUT2D eigenvalue weighted by Crippen LogP contribution is -2.22. The molecule has 2 rings (SSSR count). The zero-order valence-corrected chi connectivity index (χ0v) is 21.9. The van der Waals surface area contributed by atoms with Crippen LogP contribution in [-0.2, 0) is 37.9 Å². The Hall–Kier alpha value is -1.10. The van der Waals surface area contributed by atoms with Crippen LogP contribution >= 0.6 is 0 Å². The Morgan fingerprint density at radius 3 is 0.941 bits per heavy atom. The average Bonchev–Trinajstić information content (AvgIpc) is 3.31. The molecule has 0 aromatic carbocycles. The first kappa shape index (κ1) is 29.1. The molecule has 0 amide bonds. The second-order valence-electron chi connectivity index (χ2n) is 8.60. The van der Waals surface area contributed by atoms with E-state index in [9.17, 15) is 0 Å². The summed E-state index contributed by atoms with van der Waals surface area (Å²) in [5, 5.41) is 0. The van der Waals surface area contributed by atoms with Gasteiger partial charge >= 0.3 is 0 Å². The molecular weight excluding hydrogens is 440 g/mol. The van der Waals surface area contributed by atoms with Crippen LogP contribution in [0.3, 0.4) is 0 Å². The Labute approximate surface area is 205 Å². The molecule has 0 heterocycles. The zero-order valence-electron chi connectivity index (χ0n) is 21.9. The number of ether oxygens (including phenoxy) is 8. The van der Waals surface area contributed by atoms with E-state index in [-0.39, 0.29) is 11.8 Å². The summed E-state index contributed by atoms with van der Waals surface area (Å²) >= 11 is 0. The predicted molar refractivity (Wildman–Crippen MR) is 130 cm³/mol. The smallest absolute Gasteiger partial charge is 0.0704 e. The van der Waals surface area contributed by atoms with Gasteiger partial charge in [-0.25, -0.2) is 0 Å². The van der Waals surface area contributed by atoms with Crippen LogP contribution in [0, 0.1) is 11.8 Å². The maximum absolute atomic E-state index is 6.02. The standard InChI is InChI=1S/C26H44O8/c1-19(2)24-25-20(15-31-11-7-27-3)21(16-32-12-8-28-4)26(24)23(18-34-14-10-30-6)22(25)17-33-13-9-29-5/h25-26H,7-18H2,1-6H3. The number of allylic oxidation sites excluding steroid dienone is 2. The van der Waals surface area contributed by atoms with Gasteiger partial charge in [0.1, 0.15) is 0 Å². The molecule has 34 heavy (non-hydrogen) atoms. The Morgan fingerprint density at radius 1 is 0.471 bits per heavy atom. The Kier molecular flexibility index (Phi) is 14.2. The Morgan fingerprint density at radius 2 is 0.735 bits per heavy atom. The highest BCUT2D eigenvalue weighted by Gasteiger charge is 2.48. The summed E-state index contributed by atoms with van der Waals surface area (Å²) in [7, 11) is 6.74. The fourth-order valence-electron chi connectivity index (χ4n) is 4.66. The summed E-state index contributed by atoms with van der Waals surface area (Å²) in [4.78, 5) is 0. The van der Waals surface area contributed by atoms with Crippen molar-refractivity contribution < 1.29 is 37.9 Å². The highest BCUT2D eigenvalue weighted by Crippen LogP contribution is 2.56. The molecule has 8 heteroatoms. The molecule has 2 aliphatic carbocycles. The molecule has 0 spiro atoms. The van der Waals surface area contributed by atoms with Crippen LogP contribution in [0.2, 0.25) is 0 Å². The summed E-state index contributed by atoms with van der Waals surface area (Å²) in [5.41, 5.74) is 7.84. The monoisotopic (exact) mass is 484 g/mol. The zero-order chi connectivity index (χ0) is 24.8. The quantitative estimate of drug-likeness (QED) is 0.193. The number of hydrogen-bond acceptors (Lipinski definition) is 8. The summed E-state index contributed by atoms with van der Waals surface area (Å²) in [5.74, 6) is 0.310. The van der Waals surface area contributed by atoms with E-state index in [0.717, 1.165) is 0 Å². The van der Waals surface area contributed by atoms with E-state index in [1.54, 1.807) is 28.4 Å². The van der Waals surface area contributed by atoms with Gasteiger partial charge in [0.25, 0.3) is 0 Å². The van der Waals surface area contributed by atoms with Crippen molar-refractivity contribution in [2.45, 2.75) is 13.8 Å². The van der Waals surface area contributed by atoms with E-state index in [0.29, 0.717) is 79.3 Å².